The van der Waals surface area contributed by atoms with Crippen LogP contribution < -0.4 is 10.6 Å². The van der Waals surface area contributed by atoms with Gasteiger partial charge in [0.25, 0.3) is 0 Å². The van der Waals surface area contributed by atoms with Crippen LogP contribution in [0.1, 0.15) is 6.42 Å². The van der Waals surface area contributed by atoms with Crippen LogP contribution in [-0.2, 0) is 4.74 Å². The molecule has 2 fully saturated rings. The Morgan fingerprint density at radius 1 is 1.55 bits per heavy atom. The topological polar surface area (TPSA) is 50.4 Å². The van der Waals surface area contributed by atoms with Gasteiger partial charge in [0.15, 0.2) is 0 Å². The van der Waals surface area contributed by atoms with E-state index in [4.69, 9.17) is 4.74 Å². The molecular weight excluding hydrogens is 144 g/mol. The van der Waals surface area contributed by atoms with Crippen molar-refractivity contribution < 1.29 is 9.53 Å². The van der Waals surface area contributed by atoms with Gasteiger partial charge in [-0.3, -0.25) is 0 Å². The number of fused-ring (bicyclic) bond motifs is 1. The highest BCUT2D eigenvalue weighted by molar-refractivity contribution is 5.68. The average molecular weight is 156 g/mol. The normalized spacial score (nSPS) is 36.9. The zero-order valence-corrected chi connectivity index (χ0v) is 6.30. The second-order valence-corrected chi connectivity index (χ2v) is 3.10. The molecule has 2 rings (SSSR count). The smallest absolute Gasteiger partial charge is 0.407 e. The summed E-state index contributed by atoms with van der Waals surface area (Å²) in [5.41, 5.74) is 0. The lowest BCUT2D eigenvalue weighted by atomic mass is 9.93. The maximum absolute atomic E-state index is 10.8. The zero-order chi connectivity index (χ0) is 7.68. The summed E-state index contributed by atoms with van der Waals surface area (Å²) in [6.07, 6.45) is 0.771. The van der Waals surface area contributed by atoms with Crippen molar-refractivity contribution in [2.45, 2.75) is 12.5 Å². The lowest BCUT2D eigenvalue weighted by Crippen LogP contribution is -2.55. The number of piperidine rings is 1. The summed E-state index contributed by atoms with van der Waals surface area (Å²) in [7, 11) is 0. The van der Waals surface area contributed by atoms with E-state index in [9.17, 15) is 4.79 Å². The molecule has 2 atom stereocenters. The summed E-state index contributed by atoms with van der Waals surface area (Å²) in [5, 5.41) is 6.08. The van der Waals surface area contributed by atoms with Gasteiger partial charge in [-0.15, -0.1) is 0 Å². The van der Waals surface area contributed by atoms with Crippen molar-refractivity contribution in [2.24, 2.45) is 5.92 Å². The molecule has 2 aliphatic heterocycles. The average Bonchev–Trinajstić information content (AvgIpc) is 2.04. The first-order valence-corrected chi connectivity index (χ1v) is 4.00. The molecule has 0 aromatic carbocycles. The summed E-state index contributed by atoms with van der Waals surface area (Å²) in [6, 6.07) is 0.345. The Hall–Kier alpha value is -0.770. The Labute approximate surface area is 65.3 Å². The predicted molar refractivity (Wildman–Crippen MR) is 39.2 cm³/mol. The van der Waals surface area contributed by atoms with Crippen molar-refractivity contribution in [3.05, 3.63) is 0 Å². The number of hydrogen-bond donors (Lipinski definition) is 2. The fourth-order valence-electron chi connectivity index (χ4n) is 1.66. The number of rotatable bonds is 0. The van der Waals surface area contributed by atoms with Crippen molar-refractivity contribution in [1.29, 1.82) is 0 Å². The zero-order valence-electron chi connectivity index (χ0n) is 6.30. The summed E-state index contributed by atoms with van der Waals surface area (Å²) >= 11 is 0. The molecule has 0 saturated carbocycles. The first-order valence-electron chi connectivity index (χ1n) is 4.00. The molecule has 0 aromatic heterocycles. The number of amides is 1. The fraction of sp³-hybridized carbons (Fsp3) is 0.857. The van der Waals surface area contributed by atoms with E-state index in [1.54, 1.807) is 0 Å². The number of cyclic esters (lactones) is 1. The van der Waals surface area contributed by atoms with E-state index in [0.29, 0.717) is 18.6 Å². The lowest BCUT2D eigenvalue weighted by molar-refractivity contribution is 0.0703. The third kappa shape index (κ3) is 1.30. The van der Waals surface area contributed by atoms with Gasteiger partial charge in [-0.25, -0.2) is 4.79 Å². The Kier molecular flexibility index (Phi) is 1.69. The minimum atomic E-state index is -0.256. The Bertz CT molecular complexity index is 172. The molecule has 62 valence electrons. The number of ether oxygens (including phenoxy) is 1. The minimum Gasteiger partial charge on any atom is -0.449 e. The lowest BCUT2D eigenvalue weighted by Gasteiger charge is -2.35. The maximum atomic E-state index is 10.8. The Morgan fingerprint density at radius 3 is 3.36 bits per heavy atom. The molecule has 4 heteroatoms. The monoisotopic (exact) mass is 156 g/mol. The van der Waals surface area contributed by atoms with E-state index in [0.717, 1.165) is 19.5 Å². The van der Waals surface area contributed by atoms with Gasteiger partial charge in [-0.2, -0.15) is 0 Å². The highest BCUT2D eigenvalue weighted by Gasteiger charge is 2.31. The molecule has 0 radical (unpaired) electrons. The van der Waals surface area contributed by atoms with Crippen molar-refractivity contribution in [3.8, 4) is 0 Å². The third-order valence-corrected chi connectivity index (χ3v) is 2.34. The third-order valence-electron chi connectivity index (χ3n) is 2.34. The number of carbonyl (C=O) groups is 1. The molecule has 0 aliphatic carbocycles. The molecule has 0 aromatic rings. The second-order valence-electron chi connectivity index (χ2n) is 3.10. The van der Waals surface area contributed by atoms with Crippen LogP contribution in [0.4, 0.5) is 4.79 Å². The van der Waals surface area contributed by atoms with Crippen molar-refractivity contribution in [1.82, 2.24) is 10.6 Å². The molecule has 0 bridgehead atoms. The van der Waals surface area contributed by atoms with Crippen molar-refractivity contribution >= 4 is 6.09 Å². The highest BCUT2D eigenvalue weighted by Crippen LogP contribution is 2.15. The van der Waals surface area contributed by atoms with Gasteiger partial charge in [-0.1, -0.05) is 0 Å². The molecule has 0 unspecified atom stereocenters. The quantitative estimate of drug-likeness (QED) is 0.506. The van der Waals surface area contributed by atoms with Crippen LogP contribution in [0.2, 0.25) is 0 Å². The standard InChI is InChI=1S/C7H12N2O2/c10-7-9-6-1-2-8-3-5(6)4-11-7/h5-6,8H,1-4H2,(H,9,10)/t5-,6+/m0/s1. The summed E-state index contributed by atoms with van der Waals surface area (Å²) in [6.45, 7) is 2.54. The van der Waals surface area contributed by atoms with Gasteiger partial charge in [0.2, 0.25) is 0 Å². The van der Waals surface area contributed by atoms with Crippen LogP contribution in [-0.4, -0.2) is 31.8 Å². The largest absolute Gasteiger partial charge is 0.449 e. The first kappa shape index (κ1) is 6.91. The first-order chi connectivity index (χ1) is 5.36. The van der Waals surface area contributed by atoms with E-state index >= 15 is 0 Å². The van der Waals surface area contributed by atoms with E-state index in [2.05, 4.69) is 10.6 Å². The van der Waals surface area contributed by atoms with Crippen molar-refractivity contribution in [2.75, 3.05) is 19.7 Å². The van der Waals surface area contributed by atoms with Crippen LogP contribution in [0.25, 0.3) is 0 Å². The molecule has 0 spiro atoms. The van der Waals surface area contributed by atoms with Crippen LogP contribution in [0.5, 0.6) is 0 Å². The molecule has 2 heterocycles. The minimum absolute atomic E-state index is 0.256. The molecule has 2 N–H and O–H groups in total. The SMILES string of the molecule is O=C1N[C@@H]2CCNC[C@H]2CO1. The van der Waals surface area contributed by atoms with Crippen LogP contribution in [0, 0.1) is 5.92 Å². The Morgan fingerprint density at radius 2 is 2.45 bits per heavy atom. The Balaban J connectivity index is 1.98. The molecule has 2 aliphatic rings. The predicted octanol–water partition coefficient (Wildman–Crippen LogP) is -0.296. The number of hydrogen-bond acceptors (Lipinski definition) is 3. The van der Waals surface area contributed by atoms with Crippen molar-refractivity contribution in [3.63, 3.8) is 0 Å². The van der Waals surface area contributed by atoms with Crippen LogP contribution >= 0.6 is 0 Å². The molecule has 11 heavy (non-hydrogen) atoms. The van der Waals surface area contributed by atoms with E-state index in [1.165, 1.54) is 0 Å². The van der Waals surface area contributed by atoms with Gasteiger partial charge >= 0.3 is 6.09 Å². The summed E-state index contributed by atoms with van der Waals surface area (Å²) in [4.78, 5) is 10.8. The molecule has 1 amide bonds. The number of nitrogens with one attached hydrogen (secondary N) is 2. The van der Waals surface area contributed by atoms with Gasteiger partial charge in [-0.05, 0) is 13.0 Å². The van der Waals surface area contributed by atoms with E-state index in [-0.39, 0.29) is 6.09 Å². The fourth-order valence-corrected chi connectivity index (χ4v) is 1.66. The summed E-state index contributed by atoms with van der Waals surface area (Å²) < 4.78 is 4.86. The molecular formula is C7H12N2O2. The van der Waals surface area contributed by atoms with Gasteiger partial charge in [0, 0.05) is 18.5 Å². The van der Waals surface area contributed by atoms with Crippen LogP contribution in [0.3, 0.4) is 0 Å². The maximum Gasteiger partial charge on any atom is 0.407 e. The van der Waals surface area contributed by atoms with Gasteiger partial charge in [0.05, 0.1) is 6.61 Å². The van der Waals surface area contributed by atoms with Gasteiger partial charge in [0.1, 0.15) is 0 Å². The van der Waals surface area contributed by atoms with Gasteiger partial charge < -0.3 is 15.4 Å². The summed E-state index contributed by atoms with van der Waals surface area (Å²) in [5.74, 6) is 0.474. The van der Waals surface area contributed by atoms with Crippen LogP contribution in [0.15, 0.2) is 0 Å². The second kappa shape index (κ2) is 2.70. The molecule has 4 nitrogen and oxygen atoms in total. The van der Waals surface area contributed by atoms with E-state index < -0.39 is 0 Å². The van der Waals surface area contributed by atoms with E-state index in [1.807, 2.05) is 0 Å². The highest BCUT2D eigenvalue weighted by atomic mass is 16.6. The number of carbonyl (C=O) groups excluding carboxylic acids is 1. The number of alkyl carbamates (subject to hydrolysis) is 1. The molecule has 2 saturated heterocycles.